The Balaban J connectivity index is 2.03. The number of benzene rings is 3. The number of aryl methyl sites for hydroxylation is 2. The molecule has 0 unspecified atom stereocenters. The van der Waals surface area contributed by atoms with Gasteiger partial charge in [-0.05, 0) is 65.4 Å². The first-order valence-corrected chi connectivity index (χ1v) is 7.07. The van der Waals surface area contributed by atoms with E-state index in [1.807, 2.05) is 18.2 Å². The Labute approximate surface area is 124 Å². The van der Waals surface area contributed by atoms with Gasteiger partial charge in [-0.25, -0.2) is 4.39 Å². The Kier molecular flexibility index (Phi) is 3.57. The van der Waals surface area contributed by atoms with Crippen molar-refractivity contribution in [2.75, 3.05) is 0 Å². The lowest BCUT2D eigenvalue weighted by molar-refractivity contribution is 0.628. The second-order valence-corrected chi connectivity index (χ2v) is 5.39. The van der Waals surface area contributed by atoms with Crippen molar-refractivity contribution in [3.05, 3.63) is 83.7 Å². The topological polar surface area (TPSA) is 0 Å². The summed E-state index contributed by atoms with van der Waals surface area (Å²) in [6.07, 6.45) is 0. The first-order valence-electron chi connectivity index (χ1n) is 7.07. The van der Waals surface area contributed by atoms with E-state index < -0.39 is 0 Å². The van der Waals surface area contributed by atoms with Crippen molar-refractivity contribution in [3.8, 4) is 22.3 Å². The Hall–Kier alpha value is -2.41. The van der Waals surface area contributed by atoms with E-state index in [-0.39, 0.29) is 5.82 Å². The lowest BCUT2D eigenvalue weighted by atomic mass is 9.97. The number of hydrogen-bond acceptors (Lipinski definition) is 0. The molecule has 0 saturated carbocycles. The smallest absolute Gasteiger partial charge is 0.123 e. The molecule has 3 aromatic rings. The molecule has 0 aromatic heterocycles. The van der Waals surface area contributed by atoms with E-state index in [4.69, 9.17) is 0 Å². The molecule has 0 aliphatic carbocycles. The molecule has 0 heterocycles. The molecule has 0 atom stereocenters. The van der Waals surface area contributed by atoms with Crippen LogP contribution in [0.15, 0.2) is 66.7 Å². The molecular weight excluding hydrogens is 259 g/mol. The van der Waals surface area contributed by atoms with Crippen molar-refractivity contribution in [2.45, 2.75) is 13.8 Å². The predicted octanol–water partition coefficient (Wildman–Crippen LogP) is 5.78. The third-order valence-corrected chi connectivity index (χ3v) is 3.88. The number of rotatable bonds is 2. The van der Waals surface area contributed by atoms with Crippen LogP contribution < -0.4 is 0 Å². The number of hydrogen-bond donors (Lipinski definition) is 0. The van der Waals surface area contributed by atoms with Gasteiger partial charge in [0, 0.05) is 0 Å². The highest BCUT2D eigenvalue weighted by molar-refractivity contribution is 5.73. The highest BCUT2D eigenvalue weighted by Crippen LogP contribution is 2.27. The lowest BCUT2D eigenvalue weighted by Crippen LogP contribution is -1.85. The molecule has 0 N–H and O–H groups in total. The second-order valence-electron chi connectivity index (χ2n) is 5.39. The average Bonchev–Trinajstić information content (AvgIpc) is 2.51. The molecule has 0 radical (unpaired) electrons. The van der Waals surface area contributed by atoms with Crippen LogP contribution in [-0.4, -0.2) is 0 Å². The molecule has 0 spiro atoms. The fourth-order valence-corrected chi connectivity index (χ4v) is 2.44. The molecule has 104 valence electrons. The highest BCUT2D eigenvalue weighted by atomic mass is 19.1. The molecule has 0 nitrogen and oxygen atoms in total. The van der Waals surface area contributed by atoms with Crippen LogP contribution in [-0.2, 0) is 0 Å². The summed E-state index contributed by atoms with van der Waals surface area (Å²) in [6, 6.07) is 21.5. The van der Waals surface area contributed by atoms with E-state index in [9.17, 15) is 4.39 Å². The molecule has 0 bridgehead atoms. The molecule has 0 fully saturated rings. The van der Waals surface area contributed by atoms with Crippen molar-refractivity contribution in [1.29, 1.82) is 0 Å². The van der Waals surface area contributed by atoms with Crippen LogP contribution in [0.25, 0.3) is 22.3 Å². The monoisotopic (exact) mass is 276 g/mol. The van der Waals surface area contributed by atoms with Gasteiger partial charge in [-0.1, -0.05) is 48.5 Å². The molecule has 3 aromatic carbocycles. The van der Waals surface area contributed by atoms with Crippen LogP contribution in [0.3, 0.4) is 0 Å². The summed E-state index contributed by atoms with van der Waals surface area (Å²) in [7, 11) is 0. The van der Waals surface area contributed by atoms with Gasteiger partial charge in [0.2, 0.25) is 0 Å². The third kappa shape index (κ3) is 2.87. The van der Waals surface area contributed by atoms with Crippen LogP contribution in [0.2, 0.25) is 0 Å². The number of halogens is 1. The molecule has 0 aliphatic rings. The minimum Gasteiger partial charge on any atom is -0.207 e. The van der Waals surface area contributed by atoms with Crippen LogP contribution >= 0.6 is 0 Å². The second kappa shape index (κ2) is 5.53. The summed E-state index contributed by atoms with van der Waals surface area (Å²) in [5, 5.41) is 0. The van der Waals surface area contributed by atoms with Gasteiger partial charge in [0.15, 0.2) is 0 Å². The highest BCUT2D eigenvalue weighted by Gasteiger charge is 2.03. The minimum absolute atomic E-state index is 0.205. The van der Waals surface area contributed by atoms with Crippen molar-refractivity contribution in [2.24, 2.45) is 0 Å². The molecule has 3 rings (SSSR count). The van der Waals surface area contributed by atoms with Gasteiger partial charge < -0.3 is 0 Å². The Bertz CT molecular complexity index is 770. The molecule has 21 heavy (non-hydrogen) atoms. The summed E-state index contributed by atoms with van der Waals surface area (Å²) in [5.41, 5.74) is 7.11. The van der Waals surface area contributed by atoms with Crippen molar-refractivity contribution in [3.63, 3.8) is 0 Å². The standard InChI is InChI=1S/C20H17F/c1-14-6-7-19(12-15(14)2)18-5-3-4-17(13-18)16-8-10-20(21)11-9-16/h3-13H,1-2H3. The van der Waals surface area contributed by atoms with E-state index in [0.717, 1.165) is 11.1 Å². The average molecular weight is 276 g/mol. The summed E-state index contributed by atoms with van der Waals surface area (Å²) < 4.78 is 13.0. The Morgan fingerprint density at radius 3 is 1.81 bits per heavy atom. The minimum atomic E-state index is -0.205. The summed E-state index contributed by atoms with van der Waals surface area (Å²) >= 11 is 0. The molecule has 0 amide bonds. The van der Waals surface area contributed by atoms with Gasteiger partial charge in [0.1, 0.15) is 5.82 Å². The Morgan fingerprint density at radius 1 is 0.571 bits per heavy atom. The van der Waals surface area contributed by atoms with Crippen LogP contribution in [0, 0.1) is 19.7 Å². The third-order valence-electron chi connectivity index (χ3n) is 3.88. The maximum Gasteiger partial charge on any atom is 0.123 e. The summed E-state index contributed by atoms with van der Waals surface area (Å²) in [4.78, 5) is 0. The molecule has 0 aliphatic heterocycles. The summed E-state index contributed by atoms with van der Waals surface area (Å²) in [6.45, 7) is 4.25. The normalized spacial score (nSPS) is 10.6. The maximum absolute atomic E-state index is 13.0. The quantitative estimate of drug-likeness (QED) is 0.557. The lowest BCUT2D eigenvalue weighted by Gasteiger charge is -2.08. The van der Waals surface area contributed by atoms with Crippen molar-refractivity contribution in [1.82, 2.24) is 0 Å². The fraction of sp³-hybridized carbons (Fsp3) is 0.100. The van der Waals surface area contributed by atoms with Gasteiger partial charge in [0.25, 0.3) is 0 Å². The van der Waals surface area contributed by atoms with E-state index in [1.54, 1.807) is 0 Å². The van der Waals surface area contributed by atoms with E-state index in [2.05, 4.69) is 50.2 Å². The molecular formula is C20H17F. The zero-order valence-corrected chi connectivity index (χ0v) is 12.2. The van der Waals surface area contributed by atoms with E-state index >= 15 is 0 Å². The first-order chi connectivity index (χ1) is 10.1. The van der Waals surface area contributed by atoms with Crippen molar-refractivity contribution < 1.29 is 4.39 Å². The van der Waals surface area contributed by atoms with Gasteiger partial charge in [-0.15, -0.1) is 0 Å². The SMILES string of the molecule is Cc1ccc(-c2cccc(-c3ccc(F)cc3)c2)cc1C. The van der Waals surface area contributed by atoms with Gasteiger partial charge >= 0.3 is 0 Å². The largest absolute Gasteiger partial charge is 0.207 e. The van der Waals surface area contributed by atoms with E-state index in [1.165, 1.54) is 34.4 Å². The molecule has 1 heteroatoms. The zero-order valence-electron chi connectivity index (χ0n) is 12.2. The summed E-state index contributed by atoms with van der Waals surface area (Å²) in [5.74, 6) is -0.205. The Morgan fingerprint density at radius 2 is 1.14 bits per heavy atom. The van der Waals surface area contributed by atoms with E-state index in [0.29, 0.717) is 0 Å². The maximum atomic E-state index is 13.0. The molecule has 0 saturated heterocycles. The van der Waals surface area contributed by atoms with Crippen LogP contribution in [0.4, 0.5) is 4.39 Å². The van der Waals surface area contributed by atoms with Crippen molar-refractivity contribution >= 4 is 0 Å². The predicted molar refractivity (Wildman–Crippen MR) is 86.7 cm³/mol. The zero-order chi connectivity index (χ0) is 14.8. The van der Waals surface area contributed by atoms with Crippen LogP contribution in [0.5, 0.6) is 0 Å². The fourth-order valence-electron chi connectivity index (χ4n) is 2.44. The van der Waals surface area contributed by atoms with Gasteiger partial charge in [-0.2, -0.15) is 0 Å². The first kappa shape index (κ1) is 13.6. The van der Waals surface area contributed by atoms with Gasteiger partial charge in [-0.3, -0.25) is 0 Å². The van der Waals surface area contributed by atoms with Crippen LogP contribution in [0.1, 0.15) is 11.1 Å². The van der Waals surface area contributed by atoms with Gasteiger partial charge in [0.05, 0.1) is 0 Å².